The zero-order valence-corrected chi connectivity index (χ0v) is 14.7. The molecule has 0 spiro atoms. The van der Waals surface area contributed by atoms with Crippen molar-refractivity contribution < 1.29 is 14.1 Å². The zero-order chi connectivity index (χ0) is 17.9. The van der Waals surface area contributed by atoms with Crippen LogP contribution in [-0.2, 0) is 16.0 Å². The van der Waals surface area contributed by atoms with Gasteiger partial charge in [0.15, 0.2) is 5.58 Å². The standard InChI is InChI=1S/C20H21N3O3/c1-14-6-7-19-15(12-14)17(22-26-19)13-20(24)21-16-4-2-3-5-18(16)23-8-10-25-11-9-23/h2-7,12H,8-11,13H2,1H3,(H,21,24). The number of carbonyl (C=O) groups is 1. The maximum Gasteiger partial charge on any atom is 0.230 e. The molecule has 134 valence electrons. The molecule has 6 heteroatoms. The van der Waals surface area contributed by atoms with E-state index in [1.807, 2.05) is 49.4 Å². The summed E-state index contributed by atoms with van der Waals surface area (Å²) in [6.07, 6.45) is 0.175. The molecule has 2 aromatic carbocycles. The maximum absolute atomic E-state index is 12.6. The van der Waals surface area contributed by atoms with Crippen LogP contribution in [0.5, 0.6) is 0 Å². The van der Waals surface area contributed by atoms with Gasteiger partial charge in [-0.3, -0.25) is 4.79 Å². The number of ether oxygens (including phenoxy) is 1. The predicted molar refractivity (Wildman–Crippen MR) is 101 cm³/mol. The molecule has 1 aromatic heterocycles. The summed E-state index contributed by atoms with van der Waals surface area (Å²) in [4.78, 5) is 14.8. The van der Waals surface area contributed by atoms with Crippen molar-refractivity contribution in [3.05, 3.63) is 53.7 Å². The van der Waals surface area contributed by atoms with Gasteiger partial charge in [0.1, 0.15) is 5.69 Å². The molecular weight excluding hydrogens is 330 g/mol. The number of rotatable bonds is 4. The Labute approximate surface area is 151 Å². The van der Waals surface area contributed by atoms with Crippen molar-refractivity contribution in [3.8, 4) is 0 Å². The average Bonchev–Trinajstić information content (AvgIpc) is 3.05. The molecule has 6 nitrogen and oxygen atoms in total. The number of morpholine rings is 1. The molecule has 0 radical (unpaired) electrons. The van der Waals surface area contributed by atoms with Gasteiger partial charge in [-0.15, -0.1) is 0 Å². The van der Waals surface area contributed by atoms with Crippen LogP contribution in [0.3, 0.4) is 0 Å². The second-order valence-electron chi connectivity index (χ2n) is 6.47. The first kappa shape index (κ1) is 16.6. The van der Waals surface area contributed by atoms with E-state index in [4.69, 9.17) is 9.26 Å². The minimum absolute atomic E-state index is 0.109. The minimum Gasteiger partial charge on any atom is -0.378 e. The number of hydrogen-bond acceptors (Lipinski definition) is 5. The molecule has 1 N–H and O–H groups in total. The lowest BCUT2D eigenvalue weighted by Crippen LogP contribution is -2.36. The van der Waals surface area contributed by atoms with Crippen LogP contribution in [0.15, 0.2) is 47.0 Å². The number of nitrogens with zero attached hydrogens (tertiary/aromatic N) is 2. The van der Waals surface area contributed by atoms with Gasteiger partial charge >= 0.3 is 0 Å². The fourth-order valence-electron chi connectivity index (χ4n) is 3.24. The first-order chi connectivity index (χ1) is 12.7. The highest BCUT2D eigenvalue weighted by molar-refractivity contribution is 5.97. The normalized spacial score (nSPS) is 14.6. The Morgan fingerprint density at radius 2 is 2.00 bits per heavy atom. The van der Waals surface area contributed by atoms with E-state index >= 15 is 0 Å². The first-order valence-corrected chi connectivity index (χ1v) is 8.77. The molecule has 1 saturated heterocycles. The third-order valence-electron chi connectivity index (χ3n) is 4.56. The predicted octanol–water partition coefficient (Wildman–Crippen LogP) is 3.15. The Morgan fingerprint density at radius 3 is 2.85 bits per heavy atom. The Bertz CT molecular complexity index is 929. The van der Waals surface area contributed by atoms with E-state index < -0.39 is 0 Å². The largest absolute Gasteiger partial charge is 0.378 e. The molecule has 1 aliphatic heterocycles. The highest BCUT2D eigenvalue weighted by Gasteiger charge is 2.17. The van der Waals surface area contributed by atoms with Crippen molar-refractivity contribution in [1.29, 1.82) is 0 Å². The summed E-state index contributed by atoms with van der Waals surface area (Å²) < 4.78 is 10.7. The van der Waals surface area contributed by atoms with Gasteiger partial charge in [0.05, 0.1) is 31.0 Å². The van der Waals surface area contributed by atoms with Gasteiger partial charge in [-0.2, -0.15) is 0 Å². The van der Waals surface area contributed by atoms with Crippen LogP contribution in [0.2, 0.25) is 0 Å². The van der Waals surface area contributed by atoms with Crippen LogP contribution in [0.1, 0.15) is 11.3 Å². The Balaban J connectivity index is 1.52. The summed E-state index contributed by atoms with van der Waals surface area (Å²) in [6, 6.07) is 13.7. The number of aryl methyl sites for hydroxylation is 1. The van der Waals surface area contributed by atoms with Gasteiger partial charge in [0, 0.05) is 18.5 Å². The third kappa shape index (κ3) is 3.41. The molecule has 3 aromatic rings. The van der Waals surface area contributed by atoms with Crippen molar-refractivity contribution >= 4 is 28.3 Å². The van der Waals surface area contributed by atoms with Crippen molar-refractivity contribution in [2.24, 2.45) is 0 Å². The molecule has 0 saturated carbocycles. The minimum atomic E-state index is -0.109. The van der Waals surface area contributed by atoms with Gasteiger partial charge in [0.25, 0.3) is 0 Å². The van der Waals surface area contributed by atoms with Crippen LogP contribution in [-0.4, -0.2) is 37.4 Å². The zero-order valence-electron chi connectivity index (χ0n) is 14.7. The molecular formula is C20H21N3O3. The third-order valence-corrected chi connectivity index (χ3v) is 4.56. The van der Waals surface area contributed by atoms with Gasteiger partial charge in [-0.25, -0.2) is 0 Å². The van der Waals surface area contributed by atoms with Gasteiger partial charge < -0.3 is 19.5 Å². The van der Waals surface area contributed by atoms with Gasteiger partial charge in [-0.1, -0.05) is 28.9 Å². The highest BCUT2D eigenvalue weighted by atomic mass is 16.5. The monoisotopic (exact) mass is 351 g/mol. The number of amides is 1. The summed E-state index contributed by atoms with van der Waals surface area (Å²) in [5.74, 6) is -0.109. The molecule has 0 aliphatic carbocycles. The quantitative estimate of drug-likeness (QED) is 0.782. The van der Waals surface area contributed by atoms with Gasteiger partial charge in [-0.05, 0) is 31.2 Å². The molecule has 4 rings (SSSR count). The van der Waals surface area contributed by atoms with Crippen LogP contribution < -0.4 is 10.2 Å². The fraction of sp³-hybridized carbons (Fsp3) is 0.300. The number of nitrogens with one attached hydrogen (secondary N) is 1. The van der Waals surface area contributed by atoms with E-state index in [9.17, 15) is 4.79 Å². The van der Waals surface area contributed by atoms with Crippen molar-refractivity contribution in [3.63, 3.8) is 0 Å². The molecule has 0 bridgehead atoms. The molecule has 0 unspecified atom stereocenters. The van der Waals surface area contributed by atoms with Crippen LogP contribution >= 0.6 is 0 Å². The number of carbonyl (C=O) groups excluding carboxylic acids is 1. The number of anilines is 2. The highest BCUT2D eigenvalue weighted by Crippen LogP contribution is 2.27. The number of para-hydroxylation sites is 2. The van der Waals surface area contributed by atoms with Crippen LogP contribution in [0, 0.1) is 6.92 Å². The number of aromatic nitrogens is 1. The van der Waals surface area contributed by atoms with E-state index in [1.54, 1.807) is 0 Å². The topological polar surface area (TPSA) is 67.6 Å². The summed E-state index contributed by atoms with van der Waals surface area (Å²) in [6.45, 7) is 5.05. The fourth-order valence-corrected chi connectivity index (χ4v) is 3.24. The number of benzene rings is 2. The molecule has 1 amide bonds. The summed E-state index contributed by atoms with van der Waals surface area (Å²) in [5, 5.41) is 7.98. The summed E-state index contributed by atoms with van der Waals surface area (Å²) in [7, 11) is 0. The number of hydrogen-bond donors (Lipinski definition) is 1. The molecule has 2 heterocycles. The SMILES string of the molecule is Cc1ccc2onc(CC(=O)Nc3ccccc3N3CCOCC3)c2c1. The van der Waals surface area contributed by atoms with Crippen molar-refractivity contribution in [1.82, 2.24) is 5.16 Å². The lowest BCUT2D eigenvalue weighted by Gasteiger charge is -2.30. The average molecular weight is 351 g/mol. The van der Waals surface area contributed by atoms with Crippen molar-refractivity contribution in [2.45, 2.75) is 13.3 Å². The van der Waals surface area contributed by atoms with E-state index in [2.05, 4.69) is 15.4 Å². The van der Waals surface area contributed by atoms with E-state index in [0.29, 0.717) is 24.5 Å². The lowest BCUT2D eigenvalue weighted by atomic mass is 10.1. The molecule has 0 atom stereocenters. The Kier molecular flexibility index (Phi) is 4.58. The molecule has 26 heavy (non-hydrogen) atoms. The molecule has 1 fully saturated rings. The van der Waals surface area contributed by atoms with Gasteiger partial charge in [0.2, 0.25) is 5.91 Å². The van der Waals surface area contributed by atoms with E-state index in [-0.39, 0.29) is 12.3 Å². The number of fused-ring (bicyclic) bond motifs is 1. The first-order valence-electron chi connectivity index (χ1n) is 8.77. The smallest absolute Gasteiger partial charge is 0.230 e. The molecule has 1 aliphatic rings. The van der Waals surface area contributed by atoms with E-state index in [0.717, 1.165) is 35.4 Å². The summed E-state index contributed by atoms with van der Waals surface area (Å²) >= 11 is 0. The Morgan fingerprint density at radius 1 is 1.19 bits per heavy atom. The van der Waals surface area contributed by atoms with Crippen LogP contribution in [0.25, 0.3) is 11.0 Å². The van der Waals surface area contributed by atoms with Crippen molar-refractivity contribution in [2.75, 3.05) is 36.5 Å². The lowest BCUT2D eigenvalue weighted by molar-refractivity contribution is -0.115. The van der Waals surface area contributed by atoms with Crippen LogP contribution in [0.4, 0.5) is 11.4 Å². The van der Waals surface area contributed by atoms with E-state index in [1.165, 1.54) is 0 Å². The second kappa shape index (κ2) is 7.17. The second-order valence-corrected chi connectivity index (χ2v) is 6.47. The summed E-state index contributed by atoms with van der Waals surface area (Å²) in [5.41, 5.74) is 4.30. The maximum atomic E-state index is 12.6. The Hall–Kier alpha value is -2.86.